The van der Waals surface area contributed by atoms with E-state index in [-0.39, 0.29) is 12.3 Å². The van der Waals surface area contributed by atoms with Crippen molar-refractivity contribution in [2.75, 3.05) is 16.8 Å². The fourth-order valence-corrected chi connectivity index (χ4v) is 4.15. The van der Waals surface area contributed by atoms with Gasteiger partial charge in [0.2, 0.25) is 11.9 Å². The molecule has 1 N–H and O–H groups in total. The number of anilines is 3. The van der Waals surface area contributed by atoms with E-state index in [1.165, 1.54) is 11.3 Å². The zero-order valence-electron chi connectivity index (χ0n) is 15.3. The Morgan fingerprint density at radius 1 is 1.21 bits per heavy atom. The summed E-state index contributed by atoms with van der Waals surface area (Å²) in [5, 5.41) is 5.84. The van der Waals surface area contributed by atoms with Gasteiger partial charge in [-0.1, -0.05) is 12.1 Å². The number of amides is 1. The first-order valence-electron chi connectivity index (χ1n) is 9.07. The second-order valence-electron chi connectivity index (χ2n) is 6.76. The van der Waals surface area contributed by atoms with Crippen molar-refractivity contribution < 1.29 is 4.79 Å². The summed E-state index contributed by atoms with van der Waals surface area (Å²) in [6, 6.07) is 11.9. The fraction of sp³-hybridized carbons (Fsp3) is 0.200. The van der Waals surface area contributed by atoms with E-state index in [0.717, 1.165) is 45.7 Å². The van der Waals surface area contributed by atoms with Gasteiger partial charge in [-0.15, -0.1) is 11.3 Å². The van der Waals surface area contributed by atoms with Crippen molar-refractivity contribution in [3.8, 4) is 0 Å². The molecule has 0 saturated heterocycles. The minimum absolute atomic E-state index is 0.0135. The largest absolute Gasteiger partial charge is 0.316 e. The third-order valence-electron chi connectivity index (χ3n) is 4.76. The Morgan fingerprint density at radius 3 is 3.00 bits per heavy atom. The summed E-state index contributed by atoms with van der Waals surface area (Å²) < 4.78 is 2.10. The minimum Gasteiger partial charge on any atom is -0.316 e. The molecule has 1 amide bonds. The number of benzene rings is 1. The van der Waals surface area contributed by atoms with Crippen molar-refractivity contribution in [1.29, 1.82) is 0 Å². The maximum atomic E-state index is 12.9. The minimum atomic E-state index is 0.0135. The highest BCUT2D eigenvalue weighted by molar-refractivity contribution is 7.13. The average molecular weight is 390 g/mol. The standard InChI is InChI=1S/C20H18N6OS/c1-13-6-7-21-17(10-13)24-19-22-14(12-28-19)11-18(27)26-9-8-25-16-5-3-2-4-15(16)23-20(25)26/h2-7,10,12H,8-9,11H2,1H3,(H,21,22,24). The summed E-state index contributed by atoms with van der Waals surface area (Å²) >= 11 is 1.47. The fourth-order valence-electron chi connectivity index (χ4n) is 3.44. The first kappa shape index (κ1) is 16.9. The summed E-state index contributed by atoms with van der Waals surface area (Å²) in [6.07, 6.45) is 2.01. The number of aryl methyl sites for hydroxylation is 1. The number of nitrogens with one attached hydrogen (secondary N) is 1. The van der Waals surface area contributed by atoms with Crippen molar-refractivity contribution in [3.05, 3.63) is 59.2 Å². The van der Waals surface area contributed by atoms with E-state index >= 15 is 0 Å². The zero-order valence-corrected chi connectivity index (χ0v) is 16.1. The highest BCUT2D eigenvalue weighted by Gasteiger charge is 2.28. The van der Waals surface area contributed by atoms with Gasteiger partial charge in [0, 0.05) is 24.7 Å². The number of pyridine rings is 1. The molecule has 7 nitrogen and oxygen atoms in total. The van der Waals surface area contributed by atoms with E-state index in [1.807, 2.05) is 48.7 Å². The number of aromatic nitrogens is 4. The summed E-state index contributed by atoms with van der Waals surface area (Å²) in [5.41, 5.74) is 3.86. The molecule has 0 saturated carbocycles. The van der Waals surface area contributed by atoms with Crippen molar-refractivity contribution in [2.45, 2.75) is 19.9 Å². The quantitative estimate of drug-likeness (QED) is 0.577. The summed E-state index contributed by atoms with van der Waals surface area (Å²) in [4.78, 5) is 28.1. The SMILES string of the molecule is Cc1ccnc(Nc2nc(CC(=O)N3CCn4c3nc3ccccc34)cs2)c1. The molecule has 1 aromatic carbocycles. The Hall–Kier alpha value is -3.26. The number of thiazole rings is 1. The van der Waals surface area contributed by atoms with Crippen molar-refractivity contribution >= 4 is 45.2 Å². The molecule has 1 aliphatic heterocycles. The number of fused-ring (bicyclic) bond motifs is 3. The Bertz CT molecular complexity index is 1180. The second kappa shape index (κ2) is 6.72. The number of carbonyl (C=O) groups excluding carboxylic acids is 1. The van der Waals surface area contributed by atoms with Crippen LogP contribution in [0.1, 0.15) is 11.3 Å². The molecule has 1 aliphatic rings. The van der Waals surface area contributed by atoms with Crippen LogP contribution in [0.4, 0.5) is 16.9 Å². The van der Waals surface area contributed by atoms with Crippen LogP contribution in [0.25, 0.3) is 11.0 Å². The first-order valence-corrected chi connectivity index (χ1v) is 9.95. The van der Waals surface area contributed by atoms with Gasteiger partial charge in [-0.25, -0.2) is 15.0 Å². The smallest absolute Gasteiger partial charge is 0.235 e. The molecule has 0 spiro atoms. The first-order chi connectivity index (χ1) is 13.7. The lowest BCUT2D eigenvalue weighted by atomic mass is 10.3. The molecular weight excluding hydrogens is 372 g/mol. The number of hydrogen-bond donors (Lipinski definition) is 1. The van der Waals surface area contributed by atoms with Crippen LogP contribution < -0.4 is 10.2 Å². The molecule has 8 heteroatoms. The van der Waals surface area contributed by atoms with Gasteiger partial charge in [-0.05, 0) is 36.8 Å². The molecule has 0 atom stereocenters. The number of carbonyl (C=O) groups is 1. The van der Waals surface area contributed by atoms with Crippen LogP contribution in [0.5, 0.6) is 0 Å². The van der Waals surface area contributed by atoms with Gasteiger partial charge in [0.1, 0.15) is 5.82 Å². The van der Waals surface area contributed by atoms with E-state index in [9.17, 15) is 4.79 Å². The lowest BCUT2D eigenvalue weighted by molar-refractivity contribution is -0.117. The van der Waals surface area contributed by atoms with E-state index in [1.54, 1.807) is 11.1 Å². The normalized spacial score (nSPS) is 13.1. The number of imidazole rings is 1. The maximum Gasteiger partial charge on any atom is 0.235 e. The molecule has 4 heterocycles. The van der Waals surface area contributed by atoms with Crippen LogP contribution in [0.3, 0.4) is 0 Å². The topological polar surface area (TPSA) is 75.9 Å². The molecule has 28 heavy (non-hydrogen) atoms. The number of rotatable bonds is 4. The van der Waals surface area contributed by atoms with Crippen molar-refractivity contribution in [1.82, 2.24) is 19.5 Å². The van der Waals surface area contributed by atoms with Crippen molar-refractivity contribution in [2.24, 2.45) is 0 Å². The lowest BCUT2D eigenvalue weighted by Gasteiger charge is -2.12. The molecular formula is C20H18N6OS. The molecule has 140 valence electrons. The van der Waals surface area contributed by atoms with Crippen LogP contribution in [0.2, 0.25) is 0 Å². The predicted octanol–water partition coefficient (Wildman–Crippen LogP) is 3.53. The Labute approximate surface area is 165 Å². The van der Waals surface area contributed by atoms with Crippen LogP contribution in [0, 0.1) is 6.92 Å². The molecule has 0 unspecified atom stereocenters. The molecule has 3 aromatic heterocycles. The third-order valence-corrected chi connectivity index (χ3v) is 5.57. The predicted molar refractivity (Wildman–Crippen MR) is 110 cm³/mol. The molecule has 0 radical (unpaired) electrons. The highest BCUT2D eigenvalue weighted by atomic mass is 32.1. The van der Waals surface area contributed by atoms with Gasteiger partial charge >= 0.3 is 0 Å². The number of nitrogens with zero attached hydrogens (tertiary/aromatic N) is 5. The summed E-state index contributed by atoms with van der Waals surface area (Å²) in [5.74, 6) is 1.49. The average Bonchev–Trinajstić information content (AvgIpc) is 3.37. The van der Waals surface area contributed by atoms with E-state index < -0.39 is 0 Å². The van der Waals surface area contributed by atoms with Gasteiger partial charge in [-0.2, -0.15) is 0 Å². The lowest BCUT2D eigenvalue weighted by Crippen LogP contribution is -2.31. The van der Waals surface area contributed by atoms with E-state index in [0.29, 0.717) is 6.54 Å². The van der Waals surface area contributed by atoms with Crippen LogP contribution in [0.15, 0.2) is 48.0 Å². The van der Waals surface area contributed by atoms with E-state index in [2.05, 4.69) is 24.8 Å². The molecule has 5 rings (SSSR count). The Morgan fingerprint density at radius 2 is 2.11 bits per heavy atom. The Kier molecular flexibility index (Phi) is 4.05. The molecule has 0 fully saturated rings. The van der Waals surface area contributed by atoms with Gasteiger partial charge in [0.05, 0.1) is 23.1 Å². The van der Waals surface area contributed by atoms with Gasteiger partial charge < -0.3 is 9.88 Å². The van der Waals surface area contributed by atoms with Gasteiger partial charge in [0.25, 0.3) is 0 Å². The summed E-state index contributed by atoms with van der Waals surface area (Å²) in [7, 11) is 0. The third kappa shape index (κ3) is 3.01. The monoisotopic (exact) mass is 390 g/mol. The van der Waals surface area contributed by atoms with E-state index in [4.69, 9.17) is 0 Å². The zero-order chi connectivity index (χ0) is 19.1. The second-order valence-corrected chi connectivity index (χ2v) is 7.62. The van der Waals surface area contributed by atoms with Gasteiger partial charge in [0.15, 0.2) is 5.13 Å². The van der Waals surface area contributed by atoms with Crippen LogP contribution in [-0.4, -0.2) is 32.0 Å². The molecule has 0 bridgehead atoms. The summed E-state index contributed by atoms with van der Waals surface area (Å²) in [6.45, 7) is 3.43. The number of hydrogen-bond acceptors (Lipinski definition) is 6. The Balaban J connectivity index is 1.31. The van der Waals surface area contributed by atoms with Crippen LogP contribution in [-0.2, 0) is 17.8 Å². The maximum absolute atomic E-state index is 12.9. The van der Waals surface area contributed by atoms with Crippen LogP contribution >= 0.6 is 11.3 Å². The van der Waals surface area contributed by atoms with Gasteiger partial charge in [-0.3, -0.25) is 9.69 Å². The highest BCUT2D eigenvalue weighted by Crippen LogP contribution is 2.28. The number of para-hydroxylation sites is 2. The molecule has 4 aromatic rings. The molecule has 0 aliphatic carbocycles. The van der Waals surface area contributed by atoms with Crippen molar-refractivity contribution in [3.63, 3.8) is 0 Å².